The molecule has 0 aliphatic heterocycles. The maximum atomic E-state index is 12.3. The van der Waals surface area contributed by atoms with Gasteiger partial charge in [0.25, 0.3) is 0 Å². The fourth-order valence-electron chi connectivity index (χ4n) is 2.80. The lowest BCUT2D eigenvalue weighted by atomic mass is 10.1. The zero-order valence-corrected chi connectivity index (χ0v) is 16.7. The summed E-state index contributed by atoms with van der Waals surface area (Å²) in [4.78, 5) is 16.8. The number of hydrogen-bond acceptors (Lipinski definition) is 4. The van der Waals surface area contributed by atoms with Gasteiger partial charge in [0, 0.05) is 18.0 Å². The lowest BCUT2D eigenvalue weighted by molar-refractivity contribution is -0.113. The standard InChI is InChI=1S/C21H17ClN4OS/c1-14-7-8-17(16(22)11-14)24-20(27)13-28-21-19-12-18(15-5-3-2-4-6-15)25-26(19)10-9-23-21/h2-12H,13H2,1H3,(H,24,27). The first-order valence-corrected chi connectivity index (χ1v) is 10.0. The van der Waals surface area contributed by atoms with E-state index in [2.05, 4.69) is 15.4 Å². The molecule has 0 bridgehead atoms. The number of thioether (sulfide) groups is 1. The summed E-state index contributed by atoms with van der Waals surface area (Å²) in [6, 6.07) is 17.5. The summed E-state index contributed by atoms with van der Waals surface area (Å²) in [6.07, 6.45) is 3.49. The van der Waals surface area contributed by atoms with E-state index >= 15 is 0 Å². The molecule has 28 heavy (non-hydrogen) atoms. The molecule has 2 aromatic heterocycles. The van der Waals surface area contributed by atoms with E-state index in [1.807, 2.05) is 61.5 Å². The lowest BCUT2D eigenvalue weighted by Gasteiger charge is -2.08. The second-order valence-corrected chi connectivity index (χ2v) is 7.65. The second kappa shape index (κ2) is 8.04. The fraction of sp³-hybridized carbons (Fsp3) is 0.0952. The first-order valence-electron chi connectivity index (χ1n) is 8.69. The van der Waals surface area contributed by atoms with Crippen LogP contribution in [0.15, 0.2) is 72.0 Å². The maximum absolute atomic E-state index is 12.3. The van der Waals surface area contributed by atoms with Gasteiger partial charge in [0.1, 0.15) is 5.03 Å². The molecule has 0 saturated carbocycles. The van der Waals surface area contributed by atoms with Gasteiger partial charge in [0.15, 0.2) is 0 Å². The molecule has 0 atom stereocenters. The van der Waals surface area contributed by atoms with Crippen molar-refractivity contribution in [2.45, 2.75) is 11.9 Å². The van der Waals surface area contributed by atoms with Gasteiger partial charge in [-0.15, -0.1) is 0 Å². The molecule has 0 spiro atoms. The number of benzene rings is 2. The van der Waals surface area contributed by atoms with Crippen LogP contribution in [0.4, 0.5) is 5.69 Å². The molecule has 1 N–H and O–H groups in total. The Balaban J connectivity index is 1.50. The normalized spacial score (nSPS) is 10.9. The van der Waals surface area contributed by atoms with Crippen molar-refractivity contribution >= 4 is 40.5 Å². The second-order valence-electron chi connectivity index (χ2n) is 6.28. The van der Waals surface area contributed by atoms with Gasteiger partial charge in [-0.25, -0.2) is 9.50 Å². The van der Waals surface area contributed by atoms with Crippen molar-refractivity contribution in [1.29, 1.82) is 0 Å². The molecular formula is C21H17ClN4OS. The Morgan fingerprint density at radius 3 is 2.79 bits per heavy atom. The molecule has 0 fully saturated rings. The van der Waals surface area contributed by atoms with Crippen molar-refractivity contribution in [3.8, 4) is 11.3 Å². The Morgan fingerprint density at radius 2 is 2.00 bits per heavy atom. The van der Waals surface area contributed by atoms with Gasteiger partial charge in [-0.05, 0) is 30.7 Å². The van der Waals surface area contributed by atoms with E-state index < -0.39 is 0 Å². The summed E-state index contributed by atoms with van der Waals surface area (Å²) < 4.78 is 1.78. The Hall–Kier alpha value is -2.83. The zero-order chi connectivity index (χ0) is 19.5. The number of aromatic nitrogens is 3. The van der Waals surface area contributed by atoms with Crippen LogP contribution in [0, 0.1) is 6.92 Å². The summed E-state index contributed by atoms with van der Waals surface area (Å²) >= 11 is 7.55. The van der Waals surface area contributed by atoms with Crippen LogP contribution in [-0.2, 0) is 4.79 Å². The van der Waals surface area contributed by atoms with E-state index in [-0.39, 0.29) is 11.7 Å². The minimum atomic E-state index is -0.137. The third-order valence-corrected chi connectivity index (χ3v) is 5.47. The van der Waals surface area contributed by atoms with Crippen LogP contribution in [-0.4, -0.2) is 26.3 Å². The number of rotatable bonds is 5. The topological polar surface area (TPSA) is 59.3 Å². The van der Waals surface area contributed by atoms with Crippen molar-refractivity contribution in [3.63, 3.8) is 0 Å². The van der Waals surface area contributed by atoms with Gasteiger partial charge >= 0.3 is 0 Å². The smallest absolute Gasteiger partial charge is 0.234 e. The highest BCUT2D eigenvalue weighted by Gasteiger charge is 2.12. The van der Waals surface area contributed by atoms with E-state index in [0.29, 0.717) is 10.7 Å². The zero-order valence-electron chi connectivity index (χ0n) is 15.1. The van der Waals surface area contributed by atoms with Gasteiger partial charge < -0.3 is 5.32 Å². The molecule has 4 rings (SSSR count). The van der Waals surface area contributed by atoms with E-state index in [0.717, 1.165) is 27.4 Å². The number of amides is 1. The number of carbonyl (C=O) groups is 1. The SMILES string of the molecule is Cc1ccc(NC(=O)CSc2nccn3nc(-c4ccccc4)cc23)c(Cl)c1. The third kappa shape index (κ3) is 4.03. The number of aryl methyl sites for hydroxylation is 1. The van der Waals surface area contributed by atoms with Crippen molar-refractivity contribution in [3.05, 3.63) is 77.6 Å². The molecule has 0 aliphatic carbocycles. The third-order valence-electron chi connectivity index (χ3n) is 4.16. The predicted molar refractivity (Wildman–Crippen MR) is 114 cm³/mol. The minimum Gasteiger partial charge on any atom is -0.324 e. The summed E-state index contributed by atoms with van der Waals surface area (Å²) in [6.45, 7) is 1.95. The molecule has 5 nitrogen and oxygen atoms in total. The van der Waals surface area contributed by atoms with Gasteiger partial charge in [0.2, 0.25) is 5.91 Å². The molecule has 2 heterocycles. The highest BCUT2D eigenvalue weighted by Crippen LogP contribution is 2.27. The Kier molecular flexibility index (Phi) is 5.32. The molecule has 2 aromatic carbocycles. The van der Waals surface area contributed by atoms with Crippen LogP contribution in [0.1, 0.15) is 5.56 Å². The van der Waals surface area contributed by atoms with Crippen LogP contribution in [0.3, 0.4) is 0 Å². The number of fused-ring (bicyclic) bond motifs is 1. The Bertz CT molecular complexity index is 1140. The average molecular weight is 409 g/mol. The summed E-state index contributed by atoms with van der Waals surface area (Å²) in [7, 11) is 0. The molecule has 0 saturated heterocycles. The molecule has 140 valence electrons. The van der Waals surface area contributed by atoms with Gasteiger partial charge in [-0.2, -0.15) is 5.10 Å². The number of nitrogens with zero attached hydrogens (tertiary/aromatic N) is 3. The van der Waals surface area contributed by atoms with Crippen LogP contribution in [0.2, 0.25) is 5.02 Å². The maximum Gasteiger partial charge on any atom is 0.234 e. The number of hydrogen-bond donors (Lipinski definition) is 1. The monoisotopic (exact) mass is 408 g/mol. The summed E-state index contributed by atoms with van der Waals surface area (Å²) in [5.74, 6) is 0.0882. The summed E-state index contributed by atoms with van der Waals surface area (Å²) in [5.41, 5.74) is 4.43. The molecule has 4 aromatic rings. The molecule has 1 amide bonds. The molecule has 0 aliphatic rings. The lowest BCUT2D eigenvalue weighted by Crippen LogP contribution is -2.14. The Labute approximate surface area is 171 Å². The first kappa shape index (κ1) is 18.5. The van der Waals surface area contributed by atoms with Crippen molar-refractivity contribution < 1.29 is 4.79 Å². The largest absolute Gasteiger partial charge is 0.324 e. The van der Waals surface area contributed by atoms with E-state index in [1.165, 1.54) is 11.8 Å². The minimum absolute atomic E-state index is 0.137. The average Bonchev–Trinajstić information content (AvgIpc) is 3.14. The summed E-state index contributed by atoms with van der Waals surface area (Å²) in [5, 5.41) is 8.73. The molecular weight excluding hydrogens is 392 g/mol. The highest BCUT2D eigenvalue weighted by molar-refractivity contribution is 8.00. The predicted octanol–water partition coefficient (Wildman–Crippen LogP) is 5.09. The fourth-order valence-corrected chi connectivity index (χ4v) is 3.86. The number of halogens is 1. The quantitative estimate of drug-likeness (QED) is 0.467. The van der Waals surface area contributed by atoms with Crippen molar-refractivity contribution in [1.82, 2.24) is 14.6 Å². The van der Waals surface area contributed by atoms with Gasteiger partial charge in [-0.1, -0.05) is 59.8 Å². The van der Waals surface area contributed by atoms with Crippen LogP contribution >= 0.6 is 23.4 Å². The van der Waals surface area contributed by atoms with Gasteiger partial charge in [-0.3, -0.25) is 4.79 Å². The molecule has 7 heteroatoms. The Morgan fingerprint density at radius 1 is 1.18 bits per heavy atom. The number of anilines is 1. The van der Waals surface area contributed by atoms with Crippen LogP contribution < -0.4 is 5.32 Å². The van der Waals surface area contributed by atoms with E-state index in [1.54, 1.807) is 16.9 Å². The van der Waals surface area contributed by atoms with Crippen molar-refractivity contribution in [2.75, 3.05) is 11.1 Å². The molecule has 0 radical (unpaired) electrons. The van der Waals surface area contributed by atoms with Crippen LogP contribution in [0.5, 0.6) is 0 Å². The van der Waals surface area contributed by atoms with E-state index in [4.69, 9.17) is 11.6 Å². The van der Waals surface area contributed by atoms with Crippen molar-refractivity contribution in [2.24, 2.45) is 0 Å². The highest BCUT2D eigenvalue weighted by atomic mass is 35.5. The first-order chi connectivity index (χ1) is 13.6. The van der Waals surface area contributed by atoms with Crippen LogP contribution in [0.25, 0.3) is 16.8 Å². The molecule has 0 unspecified atom stereocenters. The number of nitrogens with one attached hydrogen (secondary N) is 1. The number of carbonyl (C=O) groups excluding carboxylic acids is 1. The van der Waals surface area contributed by atoms with Gasteiger partial charge in [0.05, 0.1) is 27.7 Å². The van der Waals surface area contributed by atoms with E-state index in [9.17, 15) is 4.79 Å².